The molecule has 0 saturated carbocycles. The Morgan fingerprint density at radius 3 is 2.88 bits per heavy atom. The summed E-state index contributed by atoms with van der Waals surface area (Å²) in [6.45, 7) is 1.00. The van der Waals surface area contributed by atoms with E-state index in [0.717, 1.165) is 0 Å². The van der Waals surface area contributed by atoms with Crippen molar-refractivity contribution in [3.8, 4) is 0 Å². The van der Waals surface area contributed by atoms with Crippen LogP contribution >= 0.6 is 15.9 Å². The van der Waals surface area contributed by atoms with Crippen LogP contribution in [-0.2, 0) is 9.92 Å². The molecule has 1 unspecified atom stereocenters. The Labute approximate surface area is 159 Å². The Bertz CT molecular complexity index is 895. The summed E-state index contributed by atoms with van der Waals surface area (Å²) >= 11 is 3.09. The van der Waals surface area contributed by atoms with Crippen LogP contribution in [0.2, 0.25) is 0 Å². The van der Waals surface area contributed by atoms with Crippen molar-refractivity contribution >= 4 is 43.2 Å². The fourth-order valence-electron chi connectivity index (χ4n) is 1.87. The van der Waals surface area contributed by atoms with Crippen molar-refractivity contribution in [2.45, 2.75) is 6.42 Å². The molecule has 0 saturated heterocycles. The lowest BCUT2D eigenvalue weighted by Gasteiger charge is -2.09. The van der Waals surface area contributed by atoms with Crippen molar-refractivity contribution < 1.29 is 13.2 Å². The first-order valence-electron chi connectivity index (χ1n) is 7.54. The van der Waals surface area contributed by atoms with Crippen LogP contribution in [0.4, 0.5) is 15.9 Å². The number of benzene rings is 1. The van der Waals surface area contributed by atoms with Crippen molar-refractivity contribution in [2.24, 2.45) is 4.36 Å². The Morgan fingerprint density at radius 1 is 1.42 bits per heavy atom. The van der Waals surface area contributed by atoms with Gasteiger partial charge in [0.2, 0.25) is 5.82 Å². The Morgan fingerprint density at radius 2 is 2.19 bits per heavy atom. The van der Waals surface area contributed by atoms with Gasteiger partial charge in [-0.25, -0.2) is 22.3 Å². The van der Waals surface area contributed by atoms with Crippen LogP contribution in [0.3, 0.4) is 0 Å². The van der Waals surface area contributed by atoms with Crippen LogP contribution in [0.5, 0.6) is 0 Å². The highest BCUT2D eigenvalue weighted by molar-refractivity contribution is 9.10. The minimum Gasteiger partial charge on any atom is -0.365 e. The summed E-state index contributed by atoms with van der Waals surface area (Å²) < 4.78 is 36.5. The van der Waals surface area contributed by atoms with E-state index in [2.05, 4.69) is 50.6 Å². The summed E-state index contributed by atoms with van der Waals surface area (Å²) in [5.41, 5.74) is 0.712. The van der Waals surface area contributed by atoms with E-state index in [1.54, 1.807) is 0 Å². The molecule has 9 nitrogen and oxygen atoms in total. The normalized spacial score (nSPS) is 13.1. The van der Waals surface area contributed by atoms with E-state index < -0.39 is 15.7 Å². The molecule has 0 aliphatic rings. The SMILES string of the molecule is CN=S(C)(=O)NCCCNc1nonc1C(=N)Nc1ccc(F)c(Br)c1. The number of hydrogen-bond acceptors (Lipinski definition) is 7. The lowest BCUT2D eigenvalue weighted by molar-refractivity contribution is 0.307. The van der Waals surface area contributed by atoms with Crippen LogP contribution in [0.25, 0.3) is 0 Å². The summed E-state index contributed by atoms with van der Waals surface area (Å²) in [7, 11) is -0.841. The zero-order valence-corrected chi connectivity index (χ0v) is 16.6. The van der Waals surface area contributed by atoms with Crippen molar-refractivity contribution in [3.05, 3.63) is 34.2 Å². The molecule has 0 aliphatic carbocycles. The van der Waals surface area contributed by atoms with Crippen LogP contribution in [0.15, 0.2) is 31.7 Å². The zero-order chi connectivity index (χ0) is 19.2. The molecule has 4 N–H and O–H groups in total. The Hall–Kier alpha value is -2.05. The topological polar surface area (TPSA) is 128 Å². The quantitative estimate of drug-likeness (QED) is 0.279. The molecule has 2 aromatic rings. The molecule has 12 heteroatoms. The molecule has 26 heavy (non-hydrogen) atoms. The maximum Gasteiger partial charge on any atom is 0.202 e. The molecule has 1 atom stereocenters. The predicted octanol–water partition coefficient (Wildman–Crippen LogP) is 2.44. The third-order valence-corrected chi connectivity index (χ3v) is 5.32. The second kappa shape index (κ2) is 9.05. The van der Waals surface area contributed by atoms with Gasteiger partial charge in [0, 0.05) is 32.1 Å². The van der Waals surface area contributed by atoms with E-state index in [1.165, 1.54) is 31.5 Å². The minimum absolute atomic E-state index is 0.0493. The van der Waals surface area contributed by atoms with Crippen molar-refractivity contribution in [2.75, 3.05) is 37.0 Å². The fraction of sp³-hybridized carbons (Fsp3) is 0.357. The first kappa shape index (κ1) is 20.3. The lowest BCUT2D eigenvalue weighted by Crippen LogP contribution is -2.24. The molecular weight excluding hydrogens is 429 g/mol. The van der Waals surface area contributed by atoms with Gasteiger partial charge in [0.1, 0.15) is 15.7 Å². The predicted molar refractivity (Wildman–Crippen MR) is 102 cm³/mol. The second-order valence-electron chi connectivity index (χ2n) is 5.25. The third-order valence-electron chi connectivity index (χ3n) is 3.28. The maximum absolute atomic E-state index is 13.3. The molecule has 142 valence electrons. The van der Waals surface area contributed by atoms with Crippen LogP contribution < -0.4 is 15.4 Å². The molecule has 0 spiro atoms. The molecule has 0 radical (unpaired) electrons. The van der Waals surface area contributed by atoms with Gasteiger partial charge in [0.05, 0.1) is 4.47 Å². The molecule has 1 aromatic heterocycles. The molecule has 2 rings (SSSR count). The van der Waals surface area contributed by atoms with Crippen LogP contribution in [0.1, 0.15) is 12.1 Å². The zero-order valence-electron chi connectivity index (χ0n) is 14.2. The van der Waals surface area contributed by atoms with Crippen LogP contribution in [-0.4, -0.2) is 46.8 Å². The minimum atomic E-state index is -2.34. The van der Waals surface area contributed by atoms with Gasteiger partial charge in [-0.15, -0.1) is 0 Å². The number of nitrogens with zero attached hydrogens (tertiary/aromatic N) is 3. The van der Waals surface area contributed by atoms with Gasteiger partial charge in [-0.05, 0) is 50.9 Å². The monoisotopic (exact) mass is 447 g/mol. The van der Waals surface area contributed by atoms with E-state index >= 15 is 0 Å². The number of halogens is 2. The average molecular weight is 448 g/mol. The van der Waals surface area contributed by atoms with Crippen molar-refractivity contribution in [1.29, 1.82) is 5.41 Å². The summed E-state index contributed by atoms with van der Waals surface area (Å²) in [6.07, 6.45) is 2.18. The van der Waals surface area contributed by atoms with Crippen LogP contribution in [0, 0.1) is 11.2 Å². The number of amidine groups is 1. The van der Waals surface area contributed by atoms with E-state index in [1.807, 2.05) is 0 Å². The van der Waals surface area contributed by atoms with E-state index in [9.17, 15) is 8.60 Å². The highest BCUT2D eigenvalue weighted by Crippen LogP contribution is 2.21. The number of anilines is 2. The Balaban J connectivity index is 1.89. The fourth-order valence-corrected chi connectivity index (χ4v) is 2.90. The lowest BCUT2D eigenvalue weighted by atomic mass is 10.3. The standard InChI is InChI=1S/C14H19BrFN7O2S/c1-18-26(2,24)20-7-3-6-19-14-12(22-25-23-14)13(17)21-9-4-5-11(16)10(15)8-9/h4-5,8H,3,6-7H2,1-2H3,(H2,17,21)(H,19,23)(H,18,20,24). The highest BCUT2D eigenvalue weighted by Gasteiger charge is 2.15. The van der Waals surface area contributed by atoms with E-state index in [-0.39, 0.29) is 16.0 Å². The second-order valence-corrected chi connectivity index (χ2v) is 8.36. The van der Waals surface area contributed by atoms with Gasteiger partial charge < -0.3 is 10.6 Å². The molecule has 1 aromatic carbocycles. The van der Waals surface area contributed by atoms with Gasteiger partial charge in [0.25, 0.3) is 0 Å². The number of hydrogen-bond donors (Lipinski definition) is 4. The third kappa shape index (κ3) is 5.75. The van der Waals surface area contributed by atoms with E-state index in [4.69, 9.17) is 5.41 Å². The van der Waals surface area contributed by atoms with Gasteiger partial charge in [-0.3, -0.25) is 5.41 Å². The van der Waals surface area contributed by atoms with Crippen molar-refractivity contribution in [3.63, 3.8) is 0 Å². The van der Waals surface area contributed by atoms with E-state index in [0.29, 0.717) is 31.0 Å². The molecule has 1 heterocycles. The largest absolute Gasteiger partial charge is 0.365 e. The summed E-state index contributed by atoms with van der Waals surface area (Å²) in [5, 5.41) is 21.3. The van der Waals surface area contributed by atoms with Gasteiger partial charge in [-0.1, -0.05) is 0 Å². The summed E-state index contributed by atoms with van der Waals surface area (Å²) in [4.78, 5) is 0. The van der Waals surface area contributed by atoms with Gasteiger partial charge >= 0.3 is 0 Å². The number of rotatable bonds is 8. The number of aromatic nitrogens is 2. The maximum atomic E-state index is 13.3. The highest BCUT2D eigenvalue weighted by atomic mass is 79.9. The molecule has 0 aliphatic heterocycles. The Kier molecular flexibility index (Phi) is 7.06. The molecular formula is C14H19BrFN7O2S. The smallest absolute Gasteiger partial charge is 0.202 e. The molecule has 0 fully saturated rings. The summed E-state index contributed by atoms with van der Waals surface area (Å²) in [6, 6.07) is 4.29. The number of nitrogens with one attached hydrogen (secondary N) is 4. The molecule has 0 bridgehead atoms. The van der Waals surface area contributed by atoms with Gasteiger partial charge in [-0.2, -0.15) is 0 Å². The summed E-state index contributed by atoms with van der Waals surface area (Å²) in [5.74, 6) is -0.138. The van der Waals surface area contributed by atoms with Crippen molar-refractivity contribution in [1.82, 2.24) is 15.0 Å². The first-order valence-corrected chi connectivity index (χ1v) is 10.3. The average Bonchev–Trinajstić information content (AvgIpc) is 3.06. The molecule has 0 amide bonds. The first-order chi connectivity index (χ1) is 12.3. The van der Waals surface area contributed by atoms with Gasteiger partial charge in [0.15, 0.2) is 11.5 Å².